The Bertz CT molecular complexity index is 592. The molecule has 2 aromatic rings. The number of hydrogen-bond acceptors (Lipinski definition) is 3. The second-order valence-electron chi connectivity index (χ2n) is 4.89. The van der Waals surface area contributed by atoms with E-state index in [4.69, 9.17) is 10.2 Å². The van der Waals surface area contributed by atoms with Crippen molar-refractivity contribution in [2.75, 3.05) is 6.54 Å². The van der Waals surface area contributed by atoms with Crippen molar-refractivity contribution in [3.05, 3.63) is 29.7 Å². The number of benzene rings is 1. The summed E-state index contributed by atoms with van der Waals surface area (Å²) in [4.78, 5) is 4.23. The van der Waals surface area contributed by atoms with Gasteiger partial charge in [-0.3, -0.25) is 0 Å². The second-order valence-corrected chi connectivity index (χ2v) is 4.89. The molecule has 0 bridgehead atoms. The van der Waals surface area contributed by atoms with Crippen LogP contribution in [0.5, 0.6) is 0 Å². The molecule has 3 nitrogen and oxygen atoms in total. The van der Waals surface area contributed by atoms with Gasteiger partial charge < -0.3 is 10.2 Å². The van der Waals surface area contributed by atoms with Crippen molar-refractivity contribution in [2.45, 2.75) is 38.3 Å². The zero-order chi connectivity index (χ0) is 15.0. The van der Waals surface area contributed by atoms with Crippen molar-refractivity contribution < 1.29 is 17.6 Å². The molecule has 6 heteroatoms. The molecule has 0 spiro atoms. The molecule has 0 saturated carbocycles. The number of oxazole rings is 1. The molecular formula is C14H17F3N2O. The highest BCUT2D eigenvalue weighted by Crippen LogP contribution is 2.35. The number of nitrogens with zero attached hydrogens (tertiary/aromatic N) is 1. The molecule has 110 valence electrons. The molecule has 0 aliphatic carbocycles. The van der Waals surface area contributed by atoms with Gasteiger partial charge in [-0.1, -0.05) is 13.8 Å². The number of hydrogen-bond donors (Lipinski definition) is 1. The van der Waals surface area contributed by atoms with Crippen molar-refractivity contribution in [3.8, 4) is 0 Å². The first kappa shape index (κ1) is 14.8. The van der Waals surface area contributed by atoms with Crippen LogP contribution in [-0.4, -0.2) is 11.5 Å². The Kier molecular flexibility index (Phi) is 3.77. The summed E-state index contributed by atoms with van der Waals surface area (Å²) in [5, 5.41) is 0. The molecule has 0 radical (unpaired) electrons. The minimum Gasteiger partial charge on any atom is -0.440 e. The fourth-order valence-electron chi connectivity index (χ4n) is 2.26. The number of fused-ring (bicyclic) bond motifs is 1. The summed E-state index contributed by atoms with van der Waals surface area (Å²) in [7, 11) is 0. The van der Waals surface area contributed by atoms with E-state index in [0.29, 0.717) is 18.0 Å². The van der Waals surface area contributed by atoms with Gasteiger partial charge in [0, 0.05) is 6.54 Å². The quantitative estimate of drug-likeness (QED) is 0.928. The van der Waals surface area contributed by atoms with Gasteiger partial charge in [0.15, 0.2) is 5.58 Å². The molecule has 20 heavy (non-hydrogen) atoms. The first-order chi connectivity index (χ1) is 9.36. The number of aromatic nitrogens is 1. The van der Waals surface area contributed by atoms with Gasteiger partial charge in [0.25, 0.3) is 0 Å². The van der Waals surface area contributed by atoms with Gasteiger partial charge in [0.05, 0.1) is 11.0 Å². The Morgan fingerprint density at radius 3 is 2.35 bits per heavy atom. The Labute approximate surface area is 115 Å². The molecule has 2 rings (SSSR count). The summed E-state index contributed by atoms with van der Waals surface area (Å²) in [6.45, 7) is 4.28. The number of alkyl halides is 3. The van der Waals surface area contributed by atoms with E-state index < -0.39 is 17.2 Å². The normalized spacial score (nSPS) is 13.1. The third kappa shape index (κ3) is 2.40. The lowest BCUT2D eigenvalue weighted by molar-refractivity contribution is -0.137. The highest BCUT2D eigenvalue weighted by atomic mass is 19.4. The van der Waals surface area contributed by atoms with E-state index in [1.54, 1.807) is 0 Å². The van der Waals surface area contributed by atoms with E-state index in [9.17, 15) is 13.2 Å². The lowest BCUT2D eigenvalue weighted by Crippen LogP contribution is -2.34. The Morgan fingerprint density at radius 2 is 1.85 bits per heavy atom. The van der Waals surface area contributed by atoms with E-state index >= 15 is 0 Å². The van der Waals surface area contributed by atoms with Gasteiger partial charge in [-0.25, -0.2) is 4.98 Å². The minimum atomic E-state index is -4.38. The van der Waals surface area contributed by atoms with E-state index in [0.717, 1.165) is 25.0 Å². The second kappa shape index (κ2) is 5.09. The van der Waals surface area contributed by atoms with Crippen LogP contribution >= 0.6 is 0 Å². The predicted octanol–water partition coefficient (Wildman–Crippen LogP) is 3.86. The molecule has 0 aliphatic rings. The summed E-state index contributed by atoms with van der Waals surface area (Å²) in [5.74, 6) is 0.416. The van der Waals surface area contributed by atoms with Crippen LogP contribution in [0.15, 0.2) is 22.6 Å². The summed E-state index contributed by atoms with van der Waals surface area (Å²) in [6, 6.07) is 3.31. The fraction of sp³-hybridized carbons (Fsp3) is 0.500. The van der Waals surface area contributed by atoms with Crippen LogP contribution in [0.3, 0.4) is 0 Å². The summed E-state index contributed by atoms with van der Waals surface area (Å²) < 4.78 is 43.6. The molecule has 1 aromatic carbocycles. The standard InChI is InChI=1S/C14H17F3N2O/c1-3-13(4-2,8-18)12-19-10-7-9(14(15,16)17)5-6-11(10)20-12/h5-7H,3-4,8,18H2,1-2H3. The summed E-state index contributed by atoms with van der Waals surface area (Å²) in [5.41, 5.74) is 5.23. The monoisotopic (exact) mass is 286 g/mol. The topological polar surface area (TPSA) is 52.0 Å². The van der Waals surface area contributed by atoms with E-state index in [-0.39, 0.29) is 5.52 Å². The zero-order valence-electron chi connectivity index (χ0n) is 11.4. The molecule has 0 atom stereocenters. The first-order valence-corrected chi connectivity index (χ1v) is 6.54. The maximum atomic E-state index is 12.7. The maximum Gasteiger partial charge on any atom is 0.416 e. The lowest BCUT2D eigenvalue weighted by Gasteiger charge is -2.25. The van der Waals surface area contributed by atoms with Crippen LogP contribution in [0.4, 0.5) is 13.2 Å². The molecule has 1 aromatic heterocycles. The van der Waals surface area contributed by atoms with Crippen molar-refractivity contribution in [2.24, 2.45) is 5.73 Å². The third-order valence-corrected chi connectivity index (χ3v) is 3.91. The molecule has 2 N–H and O–H groups in total. The molecule has 0 fully saturated rings. The SMILES string of the molecule is CCC(CC)(CN)c1nc2cc(C(F)(F)F)ccc2o1. The van der Waals surface area contributed by atoms with Crippen molar-refractivity contribution in [1.29, 1.82) is 0 Å². The van der Waals surface area contributed by atoms with Gasteiger partial charge in [-0.2, -0.15) is 13.2 Å². The molecule has 0 saturated heterocycles. The van der Waals surface area contributed by atoms with E-state index in [2.05, 4.69) is 4.98 Å². The van der Waals surface area contributed by atoms with Crippen LogP contribution in [0.2, 0.25) is 0 Å². The molecule has 1 heterocycles. The highest BCUT2D eigenvalue weighted by Gasteiger charge is 2.34. The first-order valence-electron chi connectivity index (χ1n) is 6.54. The largest absolute Gasteiger partial charge is 0.440 e. The van der Waals surface area contributed by atoms with Gasteiger partial charge in [0.2, 0.25) is 5.89 Å². The summed E-state index contributed by atoms with van der Waals surface area (Å²) in [6.07, 6.45) is -2.94. The zero-order valence-corrected chi connectivity index (χ0v) is 11.4. The van der Waals surface area contributed by atoms with Crippen LogP contribution in [-0.2, 0) is 11.6 Å². The average molecular weight is 286 g/mol. The van der Waals surface area contributed by atoms with Gasteiger partial charge in [-0.05, 0) is 31.0 Å². The van der Waals surface area contributed by atoms with E-state index in [1.165, 1.54) is 6.07 Å². The van der Waals surface area contributed by atoms with Crippen LogP contribution < -0.4 is 5.73 Å². The predicted molar refractivity (Wildman–Crippen MR) is 70.3 cm³/mol. The maximum absolute atomic E-state index is 12.7. The number of halogens is 3. The van der Waals surface area contributed by atoms with E-state index in [1.807, 2.05) is 13.8 Å². The van der Waals surface area contributed by atoms with Gasteiger partial charge in [0.1, 0.15) is 5.52 Å². The highest BCUT2D eigenvalue weighted by molar-refractivity contribution is 5.73. The minimum absolute atomic E-state index is 0.217. The Hall–Kier alpha value is -1.56. The number of rotatable bonds is 4. The smallest absolute Gasteiger partial charge is 0.416 e. The molecule has 0 unspecified atom stereocenters. The van der Waals surface area contributed by atoms with Crippen LogP contribution in [0, 0.1) is 0 Å². The van der Waals surface area contributed by atoms with Crippen molar-refractivity contribution in [3.63, 3.8) is 0 Å². The third-order valence-electron chi connectivity index (χ3n) is 3.91. The van der Waals surface area contributed by atoms with Gasteiger partial charge >= 0.3 is 6.18 Å². The van der Waals surface area contributed by atoms with Crippen molar-refractivity contribution in [1.82, 2.24) is 4.98 Å². The lowest BCUT2D eigenvalue weighted by atomic mass is 9.82. The summed E-state index contributed by atoms with van der Waals surface area (Å²) >= 11 is 0. The van der Waals surface area contributed by atoms with Crippen LogP contribution in [0.1, 0.15) is 38.1 Å². The Morgan fingerprint density at radius 1 is 1.20 bits per heavy atom. The average Bonchev–Trinajstić information content (AvgIpc) is 2.83. The van der Waals surface area contributed by atoms with Gasteiger partial charge in [-0.15, -0.1) is 0 Å². The number of nitrogens with two attached hydrogens (primary N) is 1. The molecule has 0 aliphatic heterocycles. The fourth-order valence-corrected chi connectivity index (χ4v) is 2.26. The van der Waals surface area contributed by atoms with Crippen LogP contribution in [0.25, 0.3) is 11.1 Å². The molecule has 0 amide bonds. The Balaban J connectivity index is 2.54. The molecular weight excluding hydrogens is 269 g/mol. The van der Waals surface area contributed by atoms with Crippen molar-refractivity contribution >= 4 is 11.1 Å².